The topological polar surface area (TPSA) is 59.8 Å². The Labute approximate surface area is 176 Å². The maximum absolute atomic E-state index is 13.6. The third-order valence-electron chi connectivity index (χ3n) is 4.82. The first-order valence-electron chi connectivity index (χ1n) is 9.78. The van der Waals surface area contributed by atoms with Crippen molar-refractivity contribution in [3.63, 3.8) is 0 Å². The number of aromatic nitrogens is 3. The first kappa shape index (κ1) is 20.6. The minimum atomic E-state index is -4.64. The molecule has 0 saturated heterocycles. The number of nitrogens with zero attached hydrogens (tertiary/aromatic N) is 3. The molecule has 0 unspecified atom stereocenters. The Morgan fingerprint density at radius 3 is 2.55 bits per heavy atom. The van der Waals surface area contributed by atoms with Crippen LogP contribution in [0.5, 0.6) is 0 Å². The lowest BCUT2D eigenvalue weighted by atomic mass is 10.1. The van der Waals surface area contributed by atoms with Gasteiger partial charge in [-0.15, -0.1) is 0 Å². The fourth-order valence-electron chi connectivity index (χ4n) is 3.31. The number of halogens is 3. The van der Waals surface area contributed by atoms with Crippen LogP contribution in [-0.4, -0.2) is 27.2 Å². The van der Waals surface area contributed by atoms with Crippen LogP contribution in [0.25, 0.3) is 27.8 Å². The lowest BCUT2D eigenvalue weighted by Gasteiger charge is -2.13. The Morgan fingerprint density at radius 2 is 1.81 bits per heavy atom. The van der Waals surface area contributed by atoms with Gasteiger partial charge in [-0.05, 0) is 41.5 Å². The van der Waals surface area contributed by atoms with Gasteiger partial charge in [0.1, 0.15) is 11.3 Å². The Kier molecular flexibility index (Phi) is 5.46. The average molecular weight is 424 g/mol. The summed E-state index contributed by atoms with van der Waals surface area (Å²) < 4.78 is 41.7. The summed E-state index contributed by atoms with van der Waals surface area (Å²) in [6, 6.07) is 17.0. The largest absolute Gasteiger partial charge is 0.420 e. The van der Waals surface area contributed by atoms with Crippen LogP contribution >= 0.6 is 0 Å². The first-order chi connectivity index (χ1) is 14.9. The van der Waals surface area contributed by atoms with Gasteiger partial charge in [0.25, 0.3) is 5.91 Å². The Balaban J connectivity index is 1.88. The zero-order valence-electron chi connectivity index (χ0n) is 16.6. The maximum Gasteiger partial charge on any atom is 0.420 e. The Morgan fingerprint density at radius 1 is 1.03 bits per heavy atom. The highest BCUT2D eigenvalue weighted by Gasteiger charge is 2.36. The molecule has 4 rings (SSSR count). The predicted molar refractivity (Wildman–Crippen MR) is 112 cm³/mol. The van der Waals surface area contributed by atoms with E-state index in [0.29, 0.717) is 24.2 Å². The minimum absolute atomic E-state index is 0.0131. The average Bonchev–Trinajstić information content (AvgIpc) is 3.22. The maximum atomic E-state index is 13.6. The molecule has 0 radical (unpaired) electrons. The molecule has 2 aromatic carbocycles. The normalized spacial score (nSPS) is 11.6. The molecule has 31 heavy (non-hydrogen) atoms. The number of amides is 1. The van der Waals surface area contributed by atoms with Crippen molar-refractivity contribution in [3.8, 4) is 17.1 Å². The lowest BCUT2D eigenvalue weighted by Crippen LogP contribution is -2.27. The van der Waals surface area contributed by atoms with Crippen LogP contribution < -0.4 is 5.32 Å². The molecule has 1 amide bonds. The molecule has 8 heteroatoms. The van der Waals surface area contributed by atoms with Gasteiger partial charge in [-0.25, -0.2) is 9.67 Å². The van der Waals surface area contributed by atoms with Gasteiger partial charge >= 0.3 is 6.18 Å². The molecule has 0 aliphatic rings. The van der Waals surface area contributed by atoms with Gasteiger partial charge in [0.05, 0.1) is 5.69 Å². The number of pyridine rings is 1. The summed E-state index contributed by atoms with van der Waals surface area (Å²) in [4.78, 5) is 16.6. The van der Waals surface area contributed by atoms with E-state index in [-0.39, 0.29) is 5.69 Å². The monoisotopic (exact) mass is 424 g/mol. The van der Waals surface area contributed by atoms with Crippen LogP contribution in [0.4, 0.5) is 13.2 Å². The third kappa shape index (κ3) is 4.14. The molecular formula is C23H19F3N4O. The van der Waals surface area contributed by atoms with E-state index in [1.807, 2.05) is 49.4 Å². The van der Waals surface area contributed by atoms with E-state index in [4.69, 9.17) is 0 Å². The van der Waals surface area contributed by atoms with Crippen LogP contribution in [0.3, 0.4) is 0 Å². The van der Waals surface area contributed by atoms with Crippen LogP contribution in [0, 0.1) is 0 Å². The summed E-state index contributed by atoms with van der Waals surface area (Å²) in [6.07, 6.45) is -2.71. The van der Waals surface area contributed by atoms with Crippen molar-refractivity contribution >= 4 is 16.7 Å². The second-order valence-electron chi connectivity index (χ2n) is 7.02. The summed E-state index contributed by atoms with van der Waals surface area (Å²) in [6.45, 7) is 2.28. The van der Waals surface area contributed by atoms with Crippen LogP contribution in [0.2, 0.25) is 0 Å². The highest BCUT2D eigenvalue weighted by Crippen LogP contribution is 2.34. The van der Waals surface area contributed by atoms with Gasteiger partial charge in [-0.2, -0.15) is 18.3 Å². The van der Waals surface area contributed by atoms with Gasteiger partial charge in [0.15, 0.2) is 5.82 Å². The SMILES string of the molecule is CCCNC(=O)c1cc(-c2ccc3ccccc3c2)nn1-c1ncccc1C(F)(F)F. The summed E-state index contributed by atoms with van der Waals surface area (Å²) in [5, 5.41) is 9.04. The van der Waals surface area contributed by atoms with E-state index in [2.05, 4.69) is 15.4 Å². The van der Waals surface area contributed by atoms with E-state index in [1.54, 1.807) is 0 Å². The molecule has 4 aromatic rings. The van der Waals surface area contributed by atoms with Crippen molar-refractivity contribution in [2.75, 3.05) is 6.54 Å². The molecule has 0 bridgehead atoms. The first-order valence-corrected chi connectivity index (χ1v) is 9.78. The molecule has 1 N–H and O–H groups in total. The summed E-state index contributed by atoms with van der Waals surface area (Å²) in [5.74, 6) is -0.955. The third-order valence-corrected chi connectivity index (χ3v) is 4.82. The fourth-order valence-corrected chi connectivity index (χ4v) is 3.31. The van der Waals surface area contributed by atoms with Gasteiger partial charge in [-0.1, -0.05) is 43.3 Å². The highest BCUT2D eigenvalue weighted by molar-refractivity contribution is 5.95. The number of rotatable bonds is 5. The number of carbonyl (C=O) groups is 1. The van der Waals surface area contributed by atoms with Crippen LogP contribution in [0.15, 0.2) is 66.9 Å². The summed E-state index contributed by atoms with van der Waals surface area (Å²) in [7, 11) is 0. The molecule has 0 atom stereocenters. The molecule has 2 aromatic heterocycles. The molecule has 0 aliphatic carbocycles. The van der Waals surface area contributed by atoms with Crippen molar-refractivity contribution in [2.45, 2.75) is 19.5 Å². The standard InChI is InChI=1S/C23H19F3N4O/c1-2-11-28-22(31)20-14-19(17-10-9-15-6-3-4-7-16(15)13-17)29-30(20)21-18(23(24,25)26)8-5-12-27-21/h3-10,12-14H,2,11H2,1H3,(H,28,31). The van der Waals surface area contributed by atoms with Gasteiger partial charge < -0.3 is 5.32 Å². The predicted octanol–water partition coefficient (Wildman–Crippen LogP) is 5.25. The zero-order chi connectivity index (χ0) is 22.0. The Bertz CT molecular complexity index is 1250. The van der Waals surface area contributed by atoms with E-state index >= 15 is 0 Å². The van der Waals surface area contributed by atoms with E-state index < -0.39 is 23.5 Å². The van der Waals surface area contributed by atoms with Gasteiger partial charge in [-0.3, -0.25) is 4.79 Å². The van der Waals surface area contributed by atoms with Crippen molar-refractivity contribution < 1.29 is 18.0 Å². The van der Waals surface area contributed by atoms with E-state index in [0.717, 1.165) is 21.5 Å². The number of alkyl halides is 3. The second kappa shape index (κ2) is 8.22. The number of hydrogen-bond donors (Lipinski definition) is 1. The lowest BCUT2D eigenvalue weighted by molar-refractivity contribution is -0.137. The molecule has 0 spiro atoms. The summed E-state index contributed by atoms with van der Waals surface area (Å²) >= 11 is 0. The van der Waals surface area contributed by atoms with Crippen molar-refractivity contribution in [1.29, 1.82) is 0 Å². The van der Waals surface area contributed by atoms with E-state index in [9.17, 15) is 18.0 Å². The fraction of sp³-hybridized carbons (Fsp3) is 0.174. The van der Waals surface area contributed by atoms with Crippen molar-refractivity contribution in [1.82, 2.24) is 20.1 Å². The van der Waals surface area contributed by atoms with E-state index in [1.165, 1.54) is 18.3 Å². The summed E-state index contributed by atoms with van der Waals surface area (Å²) in [5.41, 5.74) is 0.0890. The number of fused-ring (bicyclic) bond motifs is 1. The van der Waals surface area contributed by atoms with Gasteiger partial charge in [0, 0.05) is 18.3 Å². The Hall–Kier alpha value is -3.68. The molecule has 0 saturated carbocycles. The highest BCUT2D eigenvalue weighted by atomic mass is 19.4. The quantitative estimate of drug-likeness (QED) is 0.476. The zero-order valence-corrected chi connectivity index (χ0v) is 16.6. The number of hydrogen-bond acceptors (Lipinski definition) is 3. The smallest absolute Gasteiger partial charge is 0.351 e. The van der Waals surface area contributed by atoms with Crippen LogP contribution in [-0.2, 0) is 6.18 Å². The number of carbonyl (C=O) groups excluding carboxylic acids is 1. The molecule has 158 valence electrons. The molecule has 0 fully saturated rings. The molecular weight excluding hydrogens is 405 g/mol. The van der Waals surface area contributed by atoms with Gasteiger partial charge in [0.2, 0.25) is 0 Å². The second-order valence-corrected chi connectivity index (χ2v) is 7.02. The molecule has 5 nitrogen and oxygen atoms in total. The van der Waals surface area contributed by atoms with Crippen molar-refractivity contribution in [3.05, 3.63) is 78.1 Å². The van der Waals surface area contributed by atoms with Crippen LogP contribution in [0.1, 0.15) is 29.4 Å². The number of benzene rings is 2. The number of nitrogens with one attached hydrogen (secondary N) is 1. The molecule has 2 heterocycles. The van der Waals surface area contributed by atoms with Crippen molar-refractivity contribution in [2.24, 2.45) is 0 Å². The molecule has 0 aliphatic heterocycles. The minimum Gasteiger partial charge on any atom is -0.351 e.